The normalized spacial score (nSPS) is 10.6. The monoisotopic (exact) mass is 414 g/mol. The van der Waals surface area contributed by atoms with Crippen molar-refractivity contribution in [2.45, 2.75) is 26.9 Å². The van der Waals surface area contributed by atoms with Gasteiger partial charge in [-0.2, -0.15) is 9.78 Å². The number of esters is 1. The number of hydrogen-bond acceptors (Lipinski definition) is 7. The van der Waals surface area contributed by atoms with Crippen molar-refractivity contribution in [3.8, 4) is 0 Å². The molecule has 0 aliphatic rings. The number of nitro groups is 1. The molecule has 2 aromatic rings. The summed E-state index contributed by atoms with van der Waals surface area (Å²) in [5.74, 6) is -1.58. The number of aryl methyl sites for hydroxylation is 1. The van der Waals surface area contributed by atoms with Gasteiger partial charge in [-0.05, 0) is 34.7 Å². The van der Waals surface area contributed by atoms with Crippen LogP contribution < -0.4 is 5.32 Å². The Morgan fingerprint density at radius 1 is 1.44 bits per heavy atom. The summed E-state index contributed by atoms with van der Waals surface area (Å²) in [7, 11) is 1.21. The molecule has 0 saturated carbocycles. The topological polar surface area (TPSA) is 134 Å². The van der Waals surface area contributed by atoms with Gasteiger partial charge in [0.25, 0.3) is 0 Å². The van der Waals surface area contributed by atoms with Crippen LogP contribution in [0, 0.1) is 17.0 Å². The van der Waals surface area contributed by atoms with E-state index in [-0.39, 0.29) is 28.2 Å². The molecule has 0 spiro atoms. The fraction of sp³-hybridized carbons (Fsp3) is 0.385. The first kappa shape index (κ1) is 18.6. The highest BCUT2D eigenvalue weighted by Crippen LogP contribution is 2.27. The van der Waals surface area contributed by atoms with Gasteiger partial charge in [0.2, 0.25) is 5.91 Å². The number of rotatable bonds is 6. The van der Waals surface area contributed by atoms with E-state index < -0.39 is 16.8 Å². The first-order valence-electron chi connectivity index (χ1n) is 7.11. The van der Waals surface area contributed by atoms with Crippen LogP contribution in [0.4, 0.5) is 11.5 Å². The highest BCUT2D eigenvalue weighted by molar-refractivity contribution is 9.10. The molecule has 0 aromatic carbocycles. The minimum Gasteiger partial charge on any atom is -0.464 e. The summed E-state index contributed by atoms with van der Waals surface area (Å²) in [5.41, 5.74) is 0.596. The van der Waals surface area contributed by atoms with Crippen LogP contribution in [0.15, 0.2) is 10.7 Å². The number of nitrogens with one attached hydrogen (secondary N) is 1. The molecule has 1 amide bonds. The Hall–Kier alpha value is -2.76. The molecule has 134 valence electrons. The van der Waals surface area contributed by atoms with Gasteiger partial charge in [0, 0.05) is 12.7 Å². The third kappa shape index (κ3) is 3.84. The van der Waals surface area contributed by atoms with E-state index in [9.17, 15) is 19.7 Å². The van der Waals surface area contributed by atoms with Crippen LogP contribution in [-0.2, 0) is 22.6 Å². The molecule has 2 rings (SSSR count). The largest absolute Gasteiger partial charge is 0.464 e. The van der Waals surface area contributed by atoms with Gasteiger partial charge < -0.3 is 20.2 Å². The van der Waals surface area contributed by atoms with E-state index in [1.54, 1.807) is 6.92 Å². The average molecular weight is 415 g/mol. The summed E-state index contributed by atoms with van der Waals surface area (Å²) < 4.78 is 7.51. The van der Waals surface area contributed by atoms with Crippen LogP contribution in [0.2, 0.25) is 0 Å². The standard InChI is InChI=1S/C13H15BrN6O5/c1-4-18-5-8(11(16-18)13(22)25-3)15-9(21)6-19-7(2)10(14)12(17-19)20(23)24/h5H,4,6H2,1-3H3,(H,15,21). The summed E-state index contributed by atoms with van der Waals surface area (Å²) in [6, 6.07) is 0. The van der Waals surface area contributed by atoms with Gasteiger partial charge in [-0.15, -0.1) is 0 Å². The minimum atomic E-state index is -0.684. The van der Waals surface area contributed by atoms with Gasteiger partial charge in [-0.1, -0.05) is 0 Å². The van der Waals surface area contributed by atoms with Crippen LogP contribution >= 0.6 is 15.9 Å². The van der Waals surface area contributed by atoms with Gasteiger partial charge in [0.1, 0.15) is 11.0 Å². The molecule has 0 aliphatic heterocycles. The lowest BCUT2D eigenvalue weighted by Gasteiger charge is -2.04. The van der Waals surface area contributed by atoms with Gasteiger partial charge >= 0.3 is 11.8 Å². The van der Waals surface area contributed by atoms with Crippen molar-refractivity contribution < 1.29 is 19.2 Å². The Bertz CT molecular complexity index is 842. The zero-order chi connectivity index (χ0) is 18.7. The first-order chi connectivity index (χ1) is 11.8. The molecule has 2 aromatic heterocycles. The molecular weight excluding hydrogens is 400 g/mol. The Morgan fingerprint density at radius 3 is 2.64 bits per heavy atom. The molecule has 0 saturated heterocycles. The zero-order valence-corrected chi connectivity index (χ0v) is 15.2. The van der Waals surface area contributed by atoms with Gasteiger partial charge in [0.05, 0.1) is 23.6 Å². The molecule has 12 heteroatoms. The van der Waals surface area contributed by atoms with E-state index in [0.717, 1.165) is 0 Å². The molecular formula is C13H15BrN6O5. The third-order valence-corrected chi connectivity index (χ3v) is 4.25. The van der Waals surface area contributed by atoms with Crippen molar-refractivity contribution in [2.24, 2.45) is 0 Å². The van der Waals surface area contributed by atoms with Crippen molar-refractivity contribution in [1.29, 1.82) is 0 Å². The number of hydrogen-bond donors (Lipinski definition) is 1. The third-order valence-electron chi connectivity index (χ3n) is 3.32. The van der Waals surface area contributed by atoms with Gasteiger partial charge in [0.15, 0.2) is 5.69 Å². The summed E-state index contributed by atoms with van der Waals surface area (Å²) >= 11 is 3.08. The lowest BCUT2D eigenvalue weighted by Crippen LogP contribution is -2.21. The fourth-order valence-electron chi connectivity index (χ4n) is 2.03. The maximum Gasteiger partial charge on any atom is 0.404 e. The quantitative estimate of drug-likeness (QED) is 0.429. The summed E-state index contributed by atoms with van der Waals surface area (Å²) in [6.07, 6.45) is 1.50. The predicted octanol–water partition coefficient (Wildman–Crippen LogP) is 1.50. The number of ether oxygens (including phenoxy) is 1. The lowest BCUT2D eigenvalue weighted by molar-refractivity contribution is -0.390. The number of anilines is 1. The van der Waals surface area contributed by atoms with Crippen molar-refractivity contribution in [1.82, 2.24) is 19.6 Å². The molecule has 0 radical (unpaired) electrons. The van der Waals surface area contributed by atoms with Crippen LogP contribution in [0.1, 0.15) is 23.1 Å². The summed E-state index contributed by atoms with van der Waals surface area (Å²) in [6.45, 7) is 3.64. The van der Waals surface area contributed by atoms with Crippen LogP contribution in [-0.4, -0.2) is 43.5 Å². The van der Waals surface area contributed by atoms with E-state index in [2.05, 4.69) is 36.2 Å². The van der Waals surface area contributed by atoms with E-state index >= 15 is 0 Å². The second kappa shape index (κ2) is 7.42. The second-order valence-electron chi connectivity index (χ2n) is 4.92. The lowest BCUT2D eigenvalue weighted by atomic mass is 10.3. The highest BCUT2D eigenvalue weighted by Gasteiger charge is 2.25. The van der Waals surface area contributed by atoms with Crippen molar-refractivity contribution in [3.63, 3.8) is 0 Å². The second-order valence-corrected chi connectivity index (χ2v) is 5.72. The van der Waals surface area contributed by atoms with Crippen molar-refractivity contribution >= 4 is 39.3 Å². The summed E-state index contributed by atoms with van der Waals surface area (Å²) in [4.78, 5) is 34.2. The zero-order valence-electron chi connectivity index (χ0n) is 13.6. The van der Waals surface area contributed by atoms with Crippen LogP contribution in [0.3, 0.4) is 0 Å². The Kier molecular flexibility index (Phi) is 5.51. The Labute approximate surface area is 150 Å². The van der Waals surface area contributed by atoms with Gasteiger partial charge in [-0.3, -0.25) is 9.48 Å². The number of halogens is 1. The maximum absolute atomic E-state index is 12.2. The van der Waals surface area contributed by atoms with Crippen molar-refractivity contribution in [2.75, 3.05) is 12.4 Å². The number of amides is 1. The van der Waals surface area contributed by atoms with E-state index in [1.165, 1.54) is 22.7 Å². The number of nitrogens with zero attached hydrogens (tertiary/aromatic N) is 5. The fourth-order valence-corrected chi connectivity index (χ4v) is 2.46. The molecule has 0 aliphatic carbocycles. The van der Waals surface area contributed by atoms with E-state index in [4.69, 9.17) is 0 Å². The molecule has 0 fully saturated rings. The predicted molar refractivity (Wildman–Crippen MR) is 89.2 cm³/mol. The van der Waals surface area contributed by atoms with Crippen LogP contribution in [0.5, 0.6) is 0 Å². The number of carbonyl (C=O) groups excluding carboxylic acids is 2. The van der Waals surface area contributed by atoms with Gasteiger partial charge in [-0.25, -0.2) is 4.79 Å². The Morgan fingerprint density at radius 2 is 2.12 bits per heavy atom. The molecule has 0 atom stereocenters. The first-order valence-corrected chi connectivity index (χ1v) is 7.90. The average Bonchev–Trinajstić information content (AvgIpc) is 3.10. The summed E-state index contributed by atoms with van der Waals surface area (Å²) in [5, 5.41) is 21.2. The highest BCUT2D eigenvalue weighted by atomic mass is 79.9. The number of carbonyl (C=O) groups is 2. The molecule has 1 N–H and O–H groups in total. The molecule has 0 unspecified atom stereocenters. The minimum absolute atomic E-state index is 0.0259. The number of aromatic nitrogens is 4. The van der Waals surface area contributed by atoms with E-state index in [1.807, 2.05) is 6.92 Å². The number of methoxy groups -OCH3 is 1. The molecule has 0 bridgehead atoms. The molecule has 2 heterocycles. The van der Waals surface area contributed by atoms with Crippen molar-refractivity contribution in [3.05, 3.63) is 32.2 Å². The Balaban J connectivity index is 2.21. The molecule has 11 nitrogen and oxygen atoms in total. The van der Waals surface area contributed by atoms with E-state index in [0.29, 0.717) is 12.2 Å². The van der Waals surface area contributed by atoms with Crippen LogP contribution in [0.25, 0.3) is 0 Å². The molecule has 25 heavy (non-hydrogen) atoms. The SMILES string of the molecule is CCn1cc(NC(=O)Cn2nc([N+](=O)[O-])c(Br)c2C)c(C(=O)OC)n1. The smallest absolute Gasteiger partial charge is 0.404 e. The maximum atomic E-state index is 12.2.